The lowest BCUT2D eigenvalue weighted by atomic mass is 9.93. The zero-order valence-electron chi connectivity index (χ0n) is 21.5. The van der Waals surface area contributed by atoms with E-state index in [-0.39, 0.29) is 25.3 Å². The number of carbonyl (C=O) groups is 7. The third-order valence-corrected chi connectivity index (χ3v) is 5.62. The molecule has 1 rings (SSSR count). The zero-order chi connectivity index (χ0) is 29.0. The van der Waals surface area contributed by atoms with Crippen molar-refractivity contribution in [3.63, 3.8) is 0 Å². The molecular formula is C22H36N8O8. The molecule has 212 valence electrons. The molecule has 0 aromatic carbocycles. The Balaban J connectivity index is 3.18. The molecule has 0 bridgehead atoms. The Morgan fingerprint density at radius 1 is 0.868 bits per heavy atom. The number of amides is 5. The molecule has 0 spiro atoms. The fourth-order valence-electron chi connectivity index (χ4n) is 3.43. The summed E-state index contributed by atoms with van der Waals surface area (Å²) in [5, 5.41) is 20.9. The van der Waals surface area contributed by atoms with Gasteiger partial charge in [-0.15, -0.1) is 0 Å². The largest absolute Gasteiger partial charge is 0.481 e. The number of Topliss-reactive ketones (excluding diaryl/α,β-unsaturated/α-hetero) is 1. The third-order valence-electron chi connectivity index (χ3n) is 5.62. The average Bonchev–Trinajstić information content (AvgIpc) is 2.82. The second-order valence-electron chi connectivity index (χ2n) is 8.94. The van der Waals surface area contributed by atoms with Crippen LogP contribution in [-0.2, 0) is 33.6 Å². The van der Waals surface area contributed by atoms with Gasteiger partial charge in [0.1, 0.15) is 18.1 Å². The Morgan fingerprint density at radius 3 is 1.97 bits per heavy atom. The van der Waals surface area contributed by atoms with E-state index >= 15 is 0 Å². The number of guanidine groups is 1. The molecule has 1 saturated heterocycles. The predicted molar refractivity (Wildman–Crippen MR) is 133 cm³/mol. The van der Waals surface area contributed by atoms with E-state index in [0.29, 0.717) is 6.42 Å². The summed E-state index contributed by atoms with van der Waals surface area (Å²) in [5.41, 5.74) is 10.6. The zero-order valence-corrected chi connectivity index (χ0v) is 21.5. The highest BCUT2D eigenvalue weighted by Gasteiger charge is 2.30. The van der Waals surface area contributed by atoms with Crippen LogP contribution in [0, 0.1) is 5.92 Å². The van der Waals surface area contributed by atoms with Crippen LogP contribution in [0.3, 0.4) is 0 Å². The summed E-state index contributed by atoms with van der Waals surface area (Å²) < 4.78 is 0. The van der Waals surface area contributed by atoms with Crippen molar-refractivity contribution < 1.29 is 38.7 Å². The first-order valence-corrected chi connectivity index (χ1v) is 12.0. The van der Waals surface area contributed by atoms with Gasteiger partial charge >= 0.3 is 5.97 Å². The van der Waals surface area contributed by atoms with Gasteiger partial charge < -0.3 is 43.2 Å². The van der Waals surface area contributed by atoms with Crippen molar-refractivity contribution in [3.8, 4) is 0 Å². The van der Waals surface area contributed by atoms with E-state index in [9.17, 15) is 33.6 Å². The van der Waals surface area contributed by atoms with Gasteiger partial charge in [0, 0.05) is 18.9 Å². The molecule has 5 atom stereocenters. The summed E-state index contributed by atoms with van der Waals surface area (Å²) in [6.45, 7) is 3.68. The normalized spacial score (nSPS) is 26.4. The van der Waals surface area contributed by atoms with Gasteiger partial charge in [-0.2, -0.15) is 0 Å². The highest BCUT2D eigenvalue weighted by Crippen LogP contribution is 2.14. The van der Waals surface area contributed by atoms with Gasteiger partial charge in [0.2, 0.25) is 29.5 Å². The quantitative estimate of drug-likeness (QED) is 0.0925. The minimum absolute atomic E-state index is 0.140. The highest BCUT2D eigenvalue weighted by atomic mass is 16.4. The molecule has 3 unspecified atom stereocenters. The summed E-state index contributed by atoms with van der Waals surface area (Å²) in [7, 11) is 0. The van der Waals surface area contributed by atoms with Gasteiger partial charge in [0.05, 0.1) is 19.0 Å². The number of carbonyl (C=O) groups excluding carboxylic acids is 6. The second kappa shape index (κ2) is 15.1. The van der Waals surface area contributed by atoms with Crippen LogP contribution < -0.4 is 38.1 Å². The minimum atomic E-state index is -1.55. The highest BCUT2D eigenvalue weighted by molar-refractivity contribution is 5.97. The van der Waals surface area contributed by atoms with Crippen molar-refractivity contribution in [3.05, 3.63) is 0 Å². The number of nitrogens with zero attached hydrogens (tertiary/aromatic N) is 1. The second-order valence-corrected chi connectivity index (χ2v) is 8.94. The summed E-state index contributed by atoms with van der Waals surface area (Å²) >= 11 is 0. The molecule has 1 aliphatic heterocycles. The van der Waals surface area contributed by atoms with E-state index in [1.807, 2.05) is 0 Å². The van der Waals surface area contributed by atoms with Crippen LogP contribution in [0.2, 0.25) is 0 Å². The van der Waals surface area contributed by atoms with E-state index in [1.165, 1.54) is 20.8 Å². The van der Waals surface area contributed by atoms with E-state index in [0.717, 1.165) is 0 Å². The van der Waals surface area contributed by atoms with Gasteiger partial charge in [-0.1, -0.05) is 0 Å². The van der Waals surface area contributed by atoms with Crippen molar-refractivity contribution in [2.75, 3.05) is 13.1 Å². The average molecular weight is 541 g/mol. The van der Waals surface area contributed by atoms with Crippen LogP contribution in [0.15, 0.2) is 4.99 Å². The summed E-state index contributed by atoms with van der Waals surface area (Å²) in [5.74, 6) is -6.80. The molecule has 0 saturated carbocycles. The Bertz CT molecular complexity index is 965. The maximum atomic E-state index is 12.8. The predicted octanol–water partition coefficient (Wildman–Crippen LogP) is -3.78. The standard InChI is InChI=1S/C22H36N8O8/c1-10-15(31)7-13(5-4-6-25-22(23)24)20(37)26-9-16(32)30-14(8-17(33)34)21(38)29-12(3)19(36)28-11(2)18(35)27-10/h10-14H,4-9H2,1-3H3,(H,26,37)(H,27,35)(H,28,36)(H,29,38)(H,30,32)(H,33,34)(H4,23,24,25)/t10?,11?,12?,13-,14+/m1/s1. The molecule has 16 heteroatoms. The molecule has 1 heterocycles. The van der Waals surface area contributed by atoms with E-state index in [1.54, 1.807) is 0 Å². The summed E-state index contributed by atoms with van der Waals surface area (Å²) in [4.78, 5) is 90.6. The van der Waals surface area contributed by atoms with E-state index in [2.05, 4.69) is 31.6 Å². The Morgan fingerprint density at radius 2 is 1.42 bits per heavy atom. The lowest BCUT2D eigenvalue weighted by Crippen LogP contribution is -2.57. The van der Waals surface area contributed by atoms with Crippen molar-refractivity contribution in [2.45, 2.75) is 70.6 Å². The topological polar surface area (TPSA) is 264 Å². The Labute approximate surface area is 219 Å². The van der Waals surface area contributed by atoms with Crippen LogP contribution in [0.25, 0.3) is 0 Å². The van der Waals surface area contributed by atoms with Crippen LogP contribution >= 0.6 is 0 Å². The molecule has 38 heavy (non-hydrogen) atoms. The number of nitrogens with one attached hydrogen (secondary N) is 5. The third kappa shape index (κ3) is 11.2. The fraction of sp³-hybridized carbons (Fsp3) is 0.636. The first kappa shape index (κ1) is 31.8. The molecule has 16 nitrogen and oxygen atoms in total. The number of hydrogen-bond acceptors (Lipinski definition) is 8. The number of hydrogen-bond donors (Lipinski definition) is 8. The van der Waals surface area contributed by atoms with Crippen molar-refractivity contribution in [2.24, 2.45) is 22.4 Å². The molecule has 5 amide bonds. The minimum Gasteiger partial charge on any atom is -0.481 e. The van der Waals surface area contributed by atoms with Crippen LogP contribution in [-0.4, -0.2) is 89.6 Å². The number of rotatable bonds is 6. The molecule has 0 radical (unpaired) electrons. The maximum Gasteiger partial charge on any atom is 0.305 e. The molecule has 1 fully saturated rings. The molecule has 0 aliphatic carbocycles. The van der Waals surface area contributed by atoms with Crippen LogP contribution in [0.5, 0.6) is 0 Å². The SMILES string of the molecule is CC1NC(=O)C(C)NC(=O)C(C)NC(=O)[C@H](CC(=O)O)NC(=O)CNC(=O)[C@H](CCCN=C(N)N)CC1=O. The number of carboxylic acid groups (broad SMARTS) is 1. The number of nitrogens with two attached hydrogens (primary N) is 2. The van der Waals surface area contributed by atoms with Gasteiger partial charge in [0.25, 0.3) is 0 Å². The number of aliphatic imine (C=N–C) groups is 1. The van der Waals surface area contributed by atoms with Gasteiger partial charge in [-0.3, -0.25) is 38.6 Å². The monoisotopic (exact) mass is 540 g/mol. The maximum absolute atomic E-state index is 12.8. The lowest BCUT2D eigenvalue weighted by Gasteiger charge is -2.24. The summed E-state index contributed by atoms with van der Waals surface area (Å²) in [6.07, 6.45) is -0.569. The molecular weight excluding hydrogens is 504 g/mol. The smallest absolute Gasteiger partial charge is 0.305 e. The molecule has 0 aromatic rings. The Kier molecular flexibility index (Phi) is 12.6. The molecule has 1 aliphatic rings. The Hall–Kier alpha value is -4.24. The van der Waals surface area contributed by atoms with Crippen molar-refractivity contribution in [1.82, 2.24) is 26.6 Å². The first-order chi connectivity index (χ1) is 17.7. The van der Waals surface area contributed by atoms with Crippen molar-refractivity contribution in [1.29, 1.82) is 0 Å². The molecule has 10 N–H and O–H groups in total. The molecule has 0 aromatic heterocycles. The lowest BCUT2D eigenvalue weighted by molar-refractivity contribution is -0.141. The number of carboxylic acids is 1. The van der Waals surface area contributed by atoms with Gasteiger partial charge in [0.15, 0.2) is 11.7 Å². The van der Waals surface area contributed by atoms with Crippen molar-refractivity contribution >= 4 is 47.2 Å². The number of ketones is 1. The van der Waals surface area contributed by atoms with Gasteiger partial charge in [-0.25, -0.2) is 0 Å². The van der Waals surface area contributed by atoms with Crippen LogP contribution in [0.4, 0.5) is 0 Å². The van der Waals surface area contributed by atoms with Gasteiger partial charge in [-0.05, 0) is 33.6 Å². The van der Waals surface area contributed by atoms with E-state index < -0.39 is 84.3 Å². The summed E-state index contributed by atoms with van der Waals surface area (Å²) in [6, 6.07) is -4.83. The van der Waals surface area contributed by atoms with Crippen LogP contribution in [0.1, 0.15) is 46.5 Å². The number of aliphatic carboxylic acids is 1. The van der Waals surface area contributed by atoms with E-state index in [4.69, 9.17) is 16.6 Å². The first-order valence-electron chi connectivity index (χ1n) is 12.0. The fourth-order valence-corrected chi connectivity index (χ4v) is 3.43.